The zero-order valence-corrected chi connectivity index (χ0v) is 14.0. The van der Waals surface area contributed by atoms with Crippen LogP contribution in [0.25, 0.3) is 11.4 Å². The number of hydrogen-bond acceptors (Lipinski definition) is 5. The van der Waals surface area contributed by atoms with Gasteiger partial charge in [-0.25, -0.2) is 13.6 Å². The molecule has 0 radical (unpaired) electrons. The minimum atomic E-state index is -3.95. The van der Waals surface area contributed by atoms with Crippen LogP contribution in [0.15, 0.2) is 27.8 Å². The van der Waals surface area contributed by atoms with Gasteiger partial charge in [-0.3, -0.25) is 4.57 Å². The summed E-state index contributed by atoms with van der Waals surface area (Å²) in [6.07, 6.45) is 0. The maximum atomic E-state index is 11.6. The molecule has 0 amide bonds. The van der Waals surface area contributed by atoms with Gasteiger partial charge in [-0.1, -0.05) is 15.9 Å². The first-order valence-corrected chi connectivity index (χ1v) is 8.40. The second-order valence-electron chi connectivity index (χ2n) is 4.45. The molecular formula is C12H15BrN4O3S. The summed E-state index contributed by atoms with van der Waals surface area (Å²) >= 11 is 3.39. The molecule has 0 aliphatic carbocycles. The molecule has 0 fully saturated rings. The van der Waals surface area contributed by atoms with Gasteiger partial charge >= 0.3 is 0 Å². The van der Waals surface area contributed by atoms with Gasteiger partial charge in [0.05, 0.1) is 13.2 Å². The molecule has 0 spiro atoms. The maximum absolute atomic E-state index is 11.6. The average Bonchev–Trinajstić information content (AvgIpc) is 2.79. The van der Waals surface area contributed by atoms with Crippen molar-refractivity contribution in [3.8, 4) is 11.4 Å². The monoisotopic (exact) mass is 374 g/mol. The van der Waals surface area contributed by atoms with Gasteiger partial charge in [0.2, 0.25) is 0 Å². The van der Waals surface area contributed by atoms with Crippen molar-refractivity contribution < 1.29 is 13.2 Å². The third-order valence-electron chi connectivity index (χ3n) is 2.92. The molecule has 7 nitrogen and oxygen atoms in total. The summed E-state index contributed by atoms with van der Waals surface area (Å²) in [4.78, 5) is 0. The van der Waals surface area contributed by atoms with E-state index in [0.717, 1.165) is 15.6 Å². The third-order valence-corrected chi connectivity index (χ3v) is 4.22. The SMILES string of the molecule is COCCn1c(-c2ccc(Br)cc2C)nnc1S(N)(=O)=O. The molecule has 2 aromatic rings. The first kappa shape index (κ1) is 16.1. The minimum absolute atomic E-state index is 0.267. The number of benzene rings is 1. The predicted octanol–water partition coefficient (Wildman–Crippen LogP) is 1.31. The lowest BCUT2D eigenvalue weighted by Gasteiger charge is -2.10. The highest BCUT2D eigenvalue weighted by atomic mass is 79.9. The number of rotatable bonds is 5. The van der Waals surface area contributed by atoms with Crippen molar-refractivity contribution in [1.29, 1.82) is 0 Å². The van der Waals surface area contributed by atoms with Crippen LogP contribution in [-0.4, -0.2) is 36.9 Å². The second-order valence-corrected chi connectivity index (χ2v) is 6.83. The molecule has 0 saturated carbocycles. The molecule has 0 aliphatic heterocycles. The molecular weight excluding hydrogens is 360 g/mol. The number of aromatic nitrogens is 3. The Balaban J connectivity index is 2.60. The summed E-state index contributed by atoms with van der Waals surface area (Å²) < 4.78 is 30.6. The van der Waals surface area contributed by atoms with Gasteiger partial charge in [0.15, 0.2) is 5.82 Å². The van der Waals surface area contributed by atoms with Gasteiger partial charge in [0.25, 0.3) is 15.2 Å². The summed E-state index contributed by atoms with van der Waals surface area (Å²) in [6.45, 7) is 2.52. The van der Waals surface area contributed by atoms with Crippen molar-refractivity contribution in [3.63, 3.8) is 0 Å². The molecule has 2 N–H and O–H groups in total. The molecule has 9 heteroatoms. The first-order valence-electron chi connectivity index (χ1n) is 6.06. The normalized spacial score (nSPS) is 11.8. The van der Waals surface area contributed by atoms with E-state index in [4.69, 9.17) is 9.88 Å². The largest absolute Gasteiger partial charge is 0.383 e. The van der Waals surface area contributed by atoms with Crippen molar-refractivity contribution in [1.82, 2.24) is 14.8 Å². The number of nitrogens with zero attached hydrogens (tertiary/aromatic N) is 3. The number of hydrogen-bond donors (Lipinski definition) is 1. The molecule has 0 saturated heterocycles. The smallest absolute Gasteiger partial charge is 0.273 e. The van der Waals surface area contributed by atoms with Crippen LogP contribution in [-0.2, 0) is 21.3 Å². The molecule has 0 unspecified atom stereocenters. The quantitative estimate of drug-likeness (QED) is 0.849. The summed E-state index contributed by atoms with van der Waals surface area (Å²) in [7, 11) is -2.41. The Bertz CT molecular complexity index is 758. The molecule has 0 atom stereocenters. The van der Waals surface area contributed by atoms with Crippen LogP contribution in [0.1, 0.15) is 5.56 Å². The molecule has 1 heterocycles. The lowest BCUT2D eigenvalue weighted by molar-refractivity contribution is 0.185. The van der Waals surface area contributed by atoms with Gasteiger partial charge in [-0.2, -0.15) is 0 Å². The Morgan fingerprint density at radius 1 is 1.38 bits per heavy atom. The van der Waals surface area contributed by atoms with Crippen molar-refractivity contribution in [2.24, 2.45) is 5.14 Å². The predicted molar refractivity (Wildman–Crippen MR) is 81.1 cm³/mol. The van der Waals surface area contributed by atoms with E-state index >= 15 is 0 Å². The maximum Gasteiger partial charge on any atom is 0.273 e. The van der Waals surface area contributed by atoms with Crippen LogP contribution in [0.2, 0.25) is 0 Å². The molecule has 1 aromatic heterocycles. The Morgan fingerprint density at radius 2 is 2.10 bits per heavy atom. The zero-order valence-electron chi connectivity index (χ0n) is 11.6. The van der Waals surface area contributed by atoms with Gasteiger partial charge in [0, 0.05) is 17.1 Å². The molecule has 0 bridgehead atoms. The fourth-order valence-electron chi connectivity index (χ4n) is 1.96. The lowest BCUT2D eigenvalue weighted by Crippen LogP contribution is -2.20. The fraction of sp³-hybridized carbons (Fsp3) is 0.333. The highest BCUT2D eigenvalue weighted by Crippen LogP contribution is 2.26. The fourth-order valence-corrected chi connectivity index (χ4v) is 3.08. The summed E-state index contributed by atoms with van der Waals surface area (Å²) in [5, 5.41) is 12.6. The Morgan fingerprint density at radius 3 is 2.67 bits per heavy atom. The first-order chi connectivity index (χ1) is 9.84. The number of primary sulfonamides is 1. The number of methoxy groups -OCH3 is 1. The number of sulfonamides is 1. The zero-order chi connectivity index (χ0) is 15.6. The standard InChI is InChI=1S/C12H15BrN4O3S/c1-8-7-9(13)3-4-10(8)11-15-16-12(21(14,18)19)17(11)5-6-20-2/h3-4,7H,5-6H2,1-2H3,(H2,14,18,19). The Labute approximate surface area is 131 Å². The van der Waals surface area contributed by atoms with E-state index in [-0.39, 0.29) is 5.16 Å². The minimum Gasteiger partial charge on any atom is -0.383 e. The molecule has 21 heavy (non-hydrogen) atoms. The van der Waals surface area contributed by atoms with E-state index < -0.39 is 10.0 Å². The van der Waals surface area contributed by atoms with E-state index in [1.807, 2.05) is 25.1 Å². The van der Waals surface area contributed by atoms with Crippen LogP contribution in [0.5, 0.6) is 0 Å². The van der Waals surface area contributed by atoms with Crippen LogP contribution in [0.4, 0.5) is 0 Å². The highest BCUT2D eigenvalue weighted by molar-refractivity contribution is 9.10. The van der Waals surface area contributed by atoms with Crippen LogP contribution in [0, 0.1) is 6.92 Å². The van der Waals surface area contributed by atoms with Crippen molar-refractivity contribution in [2.45, 2.75) is 18.6 Å². The number of aryl methyl sites for hydroxylation is 1. The van der Waals surface area contributed by atoms with Crippen molar-refractivity contribution in [2.75, 3.05) is 13.7 Å². The van der Waals surface area contributed by atoms with E-state index in [9.17, 15) is 8.42 Å². The van der Waals surface area contributed by atoms with Gasteiger partial charge in [-0.05, 0) is 30.7 Å². The van der Waals surface area contributed by atoms with Crippen LogP contribution >= 0.6 is 15.9 Å². The highest BCUT2D eigenvalue weighted by Gasteiger charge is 2.22. The Hall–Kier alpha value is -1.29. The summed E-state index contributed by atoms with van der Waals surface area (Å²) in [5.74, 6) is 0.445. The van der Waals surface area contributed by atoms with E-state index in [1.54, 1.807) is 0 Å². The molecule has 2 rings (SSSR count). The van der Waals surface area contributed by atoms with E-state index in [0.29, 0.717) is 19.0 Å². The molecule has 0 aliphatic rings. The summed E-state index contributed by atoms with van der Waals surface area (Å²) in [6, 6.07) is 5.62. The van der Waals surface area contributed by atoms with Crippen LogP contribution in [0.3, 0.4) is 0 Å². The molecule has 1 aromatic carbocycles. The van der Waals surface area contributed by atoms with E-state index in [2.05, 4.69) is 26.1 Å². The van der Waals surface area contributed by atoms with Gasteiger partial charge in [0.1, 0.15) is 0 Å². The number of ether oxygens (including phenoxy) is 1. The van der Waals surface area contributed by atoms with Crippen molar-refractivity contribution in [3.05, 3.63) is 28.2 Å². The lowest BCUT2D eigenvalue weighted by atomic mass is 10.1. The number of nitrogens with two attached hydrogens (primary N) is 1. The Kier molecular flexibility index (Phi) is 4.77. The van der Waals surface area contributed by atoms with Crippen LogP contribution < -0.4 is 5.14 Å². The van der Waals surface area contributed by atoms with Gasteiger partial charge in [-0.15, -0.1) is 10.2 Å². The van der Waals surface area contributed by atoms with Crippen molar-refractivity contribution >= 4 is 26.0 Å². The third kappa shape index (κ3) is 3.49. The molecule has 114 valence electrons. The summed E-state index contributed by atoms with van der Waals surface area (Å²) in [5.41, 5.74) is 1.73. The van der Waals surface area contributed by atoms with E-state index in [1.165, 1.54) is 11.7 Å². The topological polar surface area (TPSA) is 100 Å². The second kappa shape index (κ2) is 6.22. The number of halogens is 1. The average molecular weight is 375 g/mol. The van der Waals surface area contributed by atoms with Gasteiger partial charge < -0.3 is 4.74 Å².